The number of carboxylic acid groups (broad SMARTS) is 1. The van der Waals surface area contributed by atoms with Gasteiger partial charge in [0.1, 0.15) is 0 Å². The van der Waals surface area contributed by atoms with Gasteiger partial charge in [-0.2, -0.15) is 13.0 Å². The molecule has 0 aromatic carbocycles. The molecule has 1 radical (unpaired) electrons. The van der Waals surface area contributed by atoms with Gasteiger partial charge in [0.15, 0.2) is 0 Å². The summed E-state index contributed by atoms with van der Waals surface area (Å²) in [6, 6.07) is 0. The number of rotatable bonds is 3. The van der Waals surface area contributed by atoms with Crippen molar-refractivity contribution in [3.63, 3.8) is 0 Å². The van der Waals surface area contributed by atoms with Crippen molar-refractivity contribution >= 4 is 5.97 Å². The number of carboxylic acids is 1. The van der Waals surface area contributed by atoms with Gasteiger partial charge in [-0.3, -0.25) is 4.79 Å². The van der Waals surface area contributed by atoms with E-state index in [-0.39, 0.29) is 44.5 Å². The molecule has 0 amide bonds. The number of hydrogen-bond donors (Lipinski definition) is 1. The van der Waals surface area contributed by atoms with E-state index in [9.17, 15) is 4.79 Å². The quantitative estimate of drug-likeness (QED) is 0.644. The number of hydrogen-bond acceptors (Lipinski definition) is 2. The SMILES string of the molecule is CC(C)C(C)(C)CC(=O)O.C[C-]1OC1C.[Y]. The van der Waals surface area contributed by atoms with Gasteiger partial charge in [-0.05, 0) is 11.3 Å². The fraction of sp³-hybridized carbons (Fsp3) is 0.833. The Kier molecular flexibility index (Phi) is 9.19. The van der Waals surface area contributed by atoms with E-state index in [0.717, 1.165) is 0 Å². The normalized spacial score (nSPS) is 19.6. The van der Waals surface area contributed by atoms with Gasteiger partial charge in [-0.25, -0.2) is 0 Å². The molecule has 1 fully saturated rings. The minimum absolute atomic E-state index is 0. The van der Waals surface area contributed by atoms with Crippen LogP contribution >= 0.6 is 0 Å². The molecule has 1 aliphatic rings. The molecule has 1 unspecified atom stereocenters. The van der Waals surface area contributed by atoms with Gasteiger partial charge in [-0.1, -0.05) is 40.7 Å². The molecule has 0 bridgehead atoms. The first-order valence-electron chi connectivity index (χ1n) is 5.38. The maximum absolute atomic E-state index is 10.3. The summed E-state index contributed by atoms with van der Waals surface area (Å²) < 4.78 is 4.83. The van der Waals surface area contributed by atoms with Gasteiger partial charge < -0.3 is 9.84 Å². The maximum Gasteiger partial charge on any atom is 0.303 e. The number of aliphatic carboxylic acids is 1. The molecule has 0 aromatic heterocycles. The molecule has 0 spiro atoms. The monoisotopic (exact) mass is 304 g/mol. The van der Waals surface area contributed by atoms with Crippen molar-refractivity contribution in [2.45, 2.75) is 54.1 Å². The Morgan fingerprint density at radius 1 is 1.50 bits per heavy atom. The molecule has 16 heavy (non-hydrogen) atoms. The minimum Gasteiger partial charge on any atom is -0.567 e. The topological polar surface area (TPSA) is 49.8 Å². The zero-order chi connectivity index (χ0) is 12.2. The van der Waals surface area contributed by atoms with Crippen molar-refractivity contribution in [1.82, 2.24) is 0 Å². The van der Waals surface area contributed by atoms with Crippen molar-refractivity contribution < 1.29 is 47.3 Å². The van der Waals surface area contributed by atoms with Crippen LogP contribution in [-0.2, 0) is 42.2 Å². The molecule has 1 saturated heterocycles. The van der Waals surface area contributed by atoms with E-state index in [1.165, 1.54) is 6.10 Å². The van der Waals surface area contributed by atoms with Crippen molar-refractivity contribution in [2.24, 2.45) is 11.3 Å². The van der Waals surface area contributed by atoms with Crippen LogP contribution in [0.2, 0.25) is 0 Å². The molecule has 4 heteroatoms. The second-order valence-electron chi connectivity index (χ2n) is 5.08. The summed E-state index contributed by atoms with van der Waals surface area (Å²) in [5.74, 6) is -0.290. The summed E-state index contributed by atoms with van der Waals surface area (Å²) in [5.41, 5.74) is -0.0775. The van der Waals surface area contributed by atoms with Gasteiger partial charge in [0.25, 0.3) is 0 Å². The molecule has 93 valence electrons. The average Bonchev–Trinajstić information content (AvgIpc) is 2.62. The third-order valence-corrected chi connectivity index (χ3v) is 3.05. The van der Waals surface area contributed by atoms with E-state index in [1.807, 2.05) is 41.5 Å². The van der Waals surface area contributed by atoms with Crippen LogP contribution < -0.4 is 0 Å². The Labute approximate surface area is 124 Å². The van der Waals surface area contributed by atoms with Crippen molar-refractivity contribution in [3.8, 4) is 0 Å². The van der Waals surface area contributed by atoms with Gasteiger partial charge in [-0.15, -0.1) is 0 Å². The molecule has 1 rings (SSSR count). The Balaban J connectivity index is 0. The van der Waals surface area contributed by atoms with Crippen molar-refractivity contribution in [1.29, 1.82) is 0 Å². The third-order valence-electron chi connectivity index (χ3n) is 3.05. The Morgan fingerprint density at radius 3 is 1.88 bits per heavy atom. The van der Waals surface area contributed by atoms with Crippen LogP contribution in [-0.4, -0.2) is 17.2 Å². The molecule has 0 aliphatic carbocycles. The van der Waals surface area contributed by atoms with Gasteiger partial charge in [0.2, 0.25) is 0 Å². The third kappa shape index (κ3) is 8.66. The predicted octanol–water partition coefficient (Wildman–Crippen LogP) is 3.10. The van der Waals surface area contributed by atoms with Crippen LogP contribution in [0, 0.1) is 17.4 Å². The van der Waals surface area contributed by atoms with E-state index >= 15 is 0 Å². The molecule has 1 aliphatic heterocycles. The smallest absolute Gasteiger partial charge is 0.303 e. The van der Waals surface area contributed by atoms with E-state index in [4.69, 9.17) is 9.84 Å². The first-order chi connectivity index (χ1) is 6.66. The molecule has 0 aromatic rings. The summed E-state index contributed by atoms with van der Waals surface area (Å²) in [7, 11) is 0. The summed E-state index contributed by atoms with van der Waals surface area (Å²) in [4.78, 5) is 10.3. The van der Waals surface area contributed by atoms with Gasteiger partial charge >= 0.3 is 5.97 Å². The second kappa shape index (κ2) is 7.78. The molecule has 1 atom stereocenters. The summed E-state index contributed by atoms with van der Waals surface area (Å²) in [5, 5.41) is 8.50. The Bertz CT molecular complexity index is 208. The van der Waals surface area contributed by atoms with Gasteiger partial charge in [0.05, 0.1) is 6.42 Å². The van der Waals surface area contributed by atoms with Crippen molar-refractivity contribution in [2.75, 3.05) is 0 Å². The second-order valence-corrected chi connectivity index (χ2v) is 5.08. The molecule has 3 nitrogen and oxygen atoms in total. The number of carbonyl (C=O) groups is 1. The fourth-order valence-corrected chi connectivity index (χ4v) is 0.839. The molecular formula is C12H23O3Y-. The van der Waals surface area contributed by atoms with E-state index < -0.39 is 5.97 Å². The standard InChI is InChI=1S/C8H16O2.C4H7O.Y/c1-6(2)8(3,4)5-7(9)10;1-3-4(2)5-3;/h6H,5H2,1-4H3,(H,9,10);3H,1-2H3;/q;-1;. The van der Waals surface area contributed by atoms with Crippen LogP contribution in [0.3, 0.4) is 0 Å². The predicted molar refractivity (Wildman–Crippen MR) is 60.3 cm³/mol. The molecule has 0 saturated carbocycles. The zero-order valence-corrected chi connectivity index (χ0v) is 14.0. The van der Waals surface area contributed by atoms with Crippen molar-refractivity contribution in [3.05, 3.63) is 6.10 Å². The average molecular weight is 304 g/mol. The first kappa shape index (κ1) is 18.9. The first-order valence-corrected chi connectivity index (χ1v) is 5.38. The van der Waals surface area contributed by atoms with Gasteiger partial charge in [0, 0.05) is 32.7 Å². The molecular weight excluding hydrogens is 281 g/mol. The van der Waals surface area contributed by atoms with Crippen LogP contribution in [0.25, 0.3) is 0 Å². The summed E-state index contributed by atoms with van der Waals surface area (Å²) in [6.45, 7) is 12.1. The fourth-order valence-electron chi connectivity index (χ4n) is 0.839. The van der Waals surface area contributed by atoms with Crippen LogP contribution in [0.15, 0.2) is 0 Å². The Morgan fingerprint density at radius 2 is 1.81 bits per heavy atom. The largest absolute Gasteiger partial charge is 0.567 e. The van der Waals surface area contributed by atoms with E-state index in [0.29, 0.717) is 12.0 Å². The van der Waals surface area contributed by atoms with E-state index in [1.54, 1.807) is 0 Å². The maximum atomic E-state index is 10.3. The summed E-state index contributed by atoms with van der Waals surface area (Å²) in [6.07, 6.45) is 1.89. The van der Waals surface area contributed by atoms with Crippen LogP contribution in [0.4, 0.5) is 0 Å². The molecule has 1 N–H and O–H groups in total. The number of ether oxygens (including phenoxy) is 1. The van der Waals surface area contributed by atoms with E-state index in [2.05, 4.69) is 0 Å². The van der Waals surface area contributed by atoms with Crippen LogP contribution in [0.5, 0.6) is 0 Å². The minimum atomic E-state index is -0.710. The molecule has 1 heterocycles. The number of epoxide rings is 1. The van der Waals surface area contributed by atoms with Crippen LogP contribution in [0.1, 0.15) is 48.0 Å². The zero-order valence-electron chi connectivity index (χ0n) is 11.2. The Hall–Kier alpha value is 0.534. The summed E-state index contributed by atoms with van der Waals surface area (Å²) >= 11 is 0.